The average molecular weight is 281 g/mol. The number of aromatic nitrogens is 1. The van der Waals surface area contributed by atoms with Gasteiger partial charge in [-0.2, -0.15) is 0 Å². The fourth-order valence-corrected chi connectivity index (χ4v) is 2.47. The number of para-hydroxylation sites is 1. The van der Waals surface area contributed by atoms with Gasteiger partial charge in [0, 0.05) is 22.2 Å². The van der Waals surface area contributed by atoms with Crippen molar-refractivity contribution in [1.82, 2.24) is 4.98 Å². The van der Waals surface area contributed by atoms with Gasteiger partial charge in [0.1, 0.15) is 0 Å². The molecule has 0 aliphatic rings. The first-order valence-corrected chi connectivity index (χ1v) is 6.71. The van der Waals surface area contributed by atoms with Crippen molar-refractivity contribution in [3.63, 3.8) is 0 Å². The highest BCUT2D eigenvalue weighted by Gasteiger charge is 2.08. The number of nitrogens with one attached hydrogen (secondary N) is 2. The van der Waals surface area contributed by atoms with Gasteiger partial charge in [-0.05, 0) is 24.3 Å². The van der Waals surface area contributed by atoms with E-state index in [1.807, 2.05) is 48.5 Å². The molecular formula is C17H13ClN2. The van der Waals surface area contributed by atoms with Crippen LogP contribution in [0.2, 0.25) is 5.02 Å². The lowest BCUT2D eigenvalue weighted by Crippen LogP contribution is -2.00. The first kappa shape index (κ1) is 12.7. The molecule has 0 amide bonds. The number of benzene rings is 2. The molecule has 2 aromatic carbocycles. The minimum Gasteiger partial charge on any atom is -0.379 e. The zero-order chi connectivity index (χ0) is 13.9. The molecule has 0 atom stereocenters. The third-order valence-corrected chi connectivity index (χ3v) is 3.64. The number of terminal acetylenes is 1. The molecule has 20 heavy (non-hydrogen) atoms. The molecule has 0 spiro atoms. The molecule has 1 heterocycles. The van der Waals surface area contributed by atoms with E-state index >= 15 is 0 Å². The van der Waals surface area contributed by atoms with Crippen LogP contribution in [-0.4, -0.2) is 4.98 Å². The van der Waals surface area contributed by atoms with Crippen LogP contribution in [0.3, 0.4) is 0 Å². The number of hydrogen-bond acceptors (Lipinski definition) is 1. The summed E-state index contributed by atoms with van der Waals surface area (Å²) in [6.07, 6.45) is 5.40. The molecule has 0 saturated heterocycles. The number of rotatable bonds is 3. The molecular weight excluding hydrogens is 268 g/mol. The third kappa shape index (κ3) is 2.36. The van der Waals surface area contributed by atoms with E-state index in [1.165, 1.54) is 0 Å². The second-order valence-electron chi connectivity index (χ2n) is 4.54. The van der Waals surface area contributed by atoms with Crippen LogP contribution in [0, 0.1) is 12.3 Å². The lowest BCUT2D eigenvalue weighted by Gasteiger charge is -2.06. The molecule has 2 nitrogen and oxygen atoms in total. The van der Waals surface area contributed by atoms with Gasteiger partial charge in [0.25, 0.3) is 0 Å². The molecule has 3 rings (SSSR count). The second kappa shape index (κ2) is 5.32. The summed E-state index contributed by atoms with van der Waals surface area (Å²) < 4.78 is 0. The molecule has 3 heteroatoms. The zero-order valence-electron chi connectivity index (χ0n) is 10.8. The topological polar surface area (TPSA) is 27.8 Å². The number of aromatic amines is 1. The quantitative estimate of drug-likeness (QED) is 0.683. The van der Waals surface area contributed by atoms with Crippen molar-refractivity contribution < 1.29 is 0 Å². The van der Waals surface area contributed by atoms with E-state index in [0.29, 0.717) is 6.54 Å². The minimum atomic E-state index is 0.627. The zero-order valence-corrected chi connectivity index (χ0v) is 11.5. The Labute approximate surface area is 122 Å². The van der Waals surface area contributed by atoms with Crippen molar-refractivity contribution in [3.8, 4) is 12.3 Å². The van der Waals surface area contributed by atoms with Crippen LogP contribution in [0.25, 0.3) is 10.9 Å². The lowest BCUT2D eigenvalue weighted by atomic mass is 10.2. The van der Waals surface area contributed by atoms with Gasteiger partial charge >= 0.3 is 0 Å². The van der Waals surface area contributed by atoms with Gasteiger partial charge < -0.3 is 10.3 Å². The van der Waals surface area contributed by atoms with E-state index in [4.69, 9.17) is 18.0 Å². The Balaban J connectivity index is 1.83. The predicted octanol–water partition coefficient (Wildman–Crippen LogP) is 4.41. The molecule has 98 valence electrons. The van der Waals surface area contributed by atoms with Crippen molar-refractivity contribution in [2.45, 2.75) is 6.54 Å². The Morgan fingerprint density at radius 2 is 2.00 bits per heavy atom. The number of fused-ring (bicyclic) bond motifs is 1. The summed E-state index contributed by atoms with van der Waals surface area (Å²) in [5.41, 5.74) is 3.86. The molecule has 0 aliphatic carbocycles. The predicted molar refractivity (Wildman–Crippen MR) is 85.0 cm³/mol. The normalized spacial score (nSPS) is 10.4. The largest absolute Gasteiger partial charge is 0.379 e. The van der Waals surface area contributed by atoms with E-state index in [0.717, 1.165) is 32.9 Å². The molecule has 0 aliphatic heterocycles. The van der Waals surface area contributed by atoms with Crippen LogP contribution < -0.4 is 5.32 Å². The van der Waals surface area contributed by atoms with Gasteiger partial charge in [-0.1, -0.05) is 41.8 Å². The molecule has 2 N–H and O–H groups in total. The summed E-state index contributed by atoms with van der Waals surface area (Å²) in [5.74, 6) is 2.62. The number of anilines is 1. The Kier molecular flexibility index (Phi) is 3.37. The Hall–Kier alpha value is -2.37. The van der Waals surface area contributed by atoms with Crippen LogP contribution in [0.15, 0.2) is 48.5 Å². The van der Waals surface area contributed by atoms with Crippen LogP contribution in [0.4, 0.5) is 5.69 Å². The average Bonchev–Trinajstić information content (AvgIpc) is 2.82. The summed E-state index contributed by atoms with van der Waals surface area (Å²) in [6, 6.07) is 15.8. The van der Waals surface area contributed by atoms with E-state index in [9.17, 15) is 0 Å². The molecule has 3 aromatic rings. The van der Waals surface area contributed by atoms with Crippen LogP contribution in [-0.2, 0) is 6.54 Å². The standard InChI is InChI=1S/C17H13ClN2/c1-2-12-6-5-7-13(10-12)19-11-16-17(18)14-8-3-4-9-15(14)20-16/h1,3-10,19-20H,11H2. The third-order valence-electron chi connectivity index (χ3n) is 3.21. The van der Waals surface area contributed by atoms with E-state index in [-0.39, 0.29) is 0 Å². The highest BCUT2D eigenvalue weighted by molar-refractivity contribution is 6.36. The highest BCUT2D eigenvalue weighted by Crippen LogP contribution is 2.27. The van der Waals surface area contributed by atoms with Gasteiger partial charge in [0.15, 0.2) is 0 Å². The molecule has 0 unspecified atom stereocenters. The van der Waals surface area contributed by atoms with Crippen molar-refractivity contribution in [1.29, 1.82) is 0 Å². The van der Waals surface area contributed by atoms with Crippen molar-refractivity contribution in [2.24, 2.45) is 0 Å². The number of H-pyrrole nitrogens is 1. The summed E-state index contributed by atoms with van der Waals surface area (Å²) in [7, 11) is 0. The maximum absolute atomic E-state index is 6.38. The molecule has 0 saturated carbocycles. The van der Waals surface area contributed by atoms with Crippen molar-refractivity contribution >= 4 is 28.2 Å². The Bertz CT molecular complexity index is 796. The van der Waals surface area contributed by atoms with E-state index in [1.54, 1.807) is 0 Å². The lowest BCUT2D eigenvalue weighted by molar-refractivity contribution is 1.08. The first-order chi connectivity index (χ1) is 9.78. The maximum Gasteiger partial charge on any atom is 0.0710 e. The minimum absolute atomic E-state index is 0.627. The fourth-order valence-electron chi connectivity index (χ4n) is 2.19. The molecule has 0 radical (unpaired) electrons. The number of halogens is 1. The monoisotopic (exact) mass is 280 g/mol. The second-order valence-corrected chi connectivity index (χ2v) is 4.92. The summed E-state index contributed by atoms with van der Waals surface area (Å²) in [6.45, 7) is 0.627. The van der Waals surface area contributed by atoms with Crippen LogP contribution in [0.1, 0.15) is 11.3 Å². The van der Waals surface area contributed by atoms with Gasteiger partial charge in [-0.3, -0.25) is 0 Å². The molecule has 0 bridgehead atoms. The summed E-state index contributed by atoms with van der Waals surface area (Å²) >= 11 is 6.38. The highest BCUT2D eigenvalue weighted by atomic mass is 35.5. The summed E-state index contributed by atoms with van der Waals surface area (Å²) in [4.78, 5) is 3.33. The van der Waals surface area contributed by atoms with Gasteiger partial charge in [0.05, 0.1) is 17.3 Å². The Morgan fingerprint density at radius 1 is 1.15 bits per heavy atom. The summed E-state index contributed by atoms with van der Waals surface area (Å²) in [5, 5.41) is 5.14. The van der Waals surface area contributed by atoms with E-state index < -0.39 is 0 Å². The molecule has 0 fully saturated rings. The van der Waals surface area contributed by atoms with Gasteiger partial charge in [-0.25, -0.2) is 0 Å². The SMILES string of the molecule is C#Cc1cccc(NCc2[nH]c3ccccc3c2Cl)c1. The molecule has 1 aromatic heterocycles. The first-order valence-electron chi connectivity index (χ1n) is 6.33. The van der Waals surface area contributed by atoms with Gasteiger partial charge in [0.2, 0.25) is 0 Å². The van der Waals surface area contributed by atoms with Crippen LogP contribution >= 0.6 is 11.6 Å². The van der Waals surface area contributed by atoms with E-state index in [2.05, 4.69) is 16.2 Å². The Morgan fingerprint density at radius 3 is 2.80 bits per heavy atom. The van der Waals surface area contributed by atoms with Crippen molar-refractivity contribution in [2.75, 3.05) is 5.32 Å². The van der Waals surface area contributed by atoms with Crippen LogP contribution in [0.5, 0.6) is 0 Å². The van der Waals surface area contributed by atoms with Gasteiger partial charge in [-0.15, -0.1) is 6.42 Å². The maximum atomic E-state index is 6.38. The smallest absolute Gasteiger partial charge is 0.0710 e. The van der Waals surface area contributed by atoms with Crippen molar-refractivity contribution in [3.05, 3.63) is 64.8 Å². The number of hydrogen-bond donors (Lipinski definition) is 2. The fraction of sp³-hybridized carbons (Fsp3) is 0.0588.